The van der Waals surface area contributed by atoms with Crippen LogP contribution in [-0.2, 0) is 28.6 Å². The van der Waals surface area contributed by atoms with Gasteiger partial charge in [-0.1, -0.05) is 193 Å². The van der Waals surface area contributed by atoms with E-state index in [4.69, 9.17) is 14.2 Å². The van der Waals surface area contributed by atoms with Crippen LogP contribution in [0, 0.1) is 0 Å². The Labute approximate surface area is 366 Å². The minimum Gasteiger partial charge on any atom is -0.462 e. The van der Waals surface area contributed by atoms with Crippen LogP contribution in [0.15, 0.2) is 134 Å². The second kappa shape index (κ2) is 47.2. The summed E-state index contributed by atoms with van der Waals surface area (Å²) in [6, 6.07) is 0. The quantitative estimate of drug-likeness (QED) is 0.0202. The summed E-state index contributed by atoms with van der Waals surface area (Å²) in [6.07, 6.45) is 65.8. The Balaban J connectivity index is 4.54. The van der Waals surface area contributed by atoms with Crippen LogP contribution in [0.4, 0.5) is 0 Å². The van der Waals surface area contributed by atoms with E-state index in [0.717, 1.165) is 96.3 Å². The van der Waals surface area contributed by atoms with Crippen LogP contribution in [0.5, 0.6) is 0 Å². The highest BCUT2D eigenvalue weighted by molar-refractivity contribution is 5.71. The zero-order valence-electron chi connectivity index (χ0n) is 37.9. The average Bonchev–Trinajstić information content (AvgIpc) is 3.24. The van der Waals surface area contributed by atoms with Crippen LogP contribution in [0.3, 0.4) is 0 Å². The van der Waals surface area contributed by atoms with E-state index in [1.54, 1.807) is 0 Å². The summed E-state index contributed by atoms with van der Waals surface area (Å²) < 4.78 is 16.6. The first-order valence-electron chi connectivity index (χ1n) is 23.3. The Hall–Kier alpha value is -4.45. The van der Waals surface area contributed by atoms with E-state index in [0.29, 0.717) is 25.7 Å². The van der Waals surface area contributed by atoms with E-state index < -0.39 is 6.10 Å². The fourth-order valence-electron chi connectivity index (χ4n) is 5.63. The summed E-state index contributed by atoms with van der Waals surface area (Å²) >= 11 is 0. The van der Waals surface area contributed by atoms with Crippen molar-refractivity contribution < 1.29 is 28.6 Å². The molecule has 0 aromatic rings. The van der Waals surface area contributed by atoms with Crippen molar-refractivity contribution in [3.05, 3.63) is 134 Å². The van der Waals surface area contributed by atoms with Crippen molar-refractivity contribution in [2.75, 3.05) is 13.2 Å². The molecule has 0 fully saturated rings. The van der Waals surface area contributed by atoms with E-state index >= 15 is 0 Å². The first-order chi connectivity index (χ1) is 29.5. The smallest absolute Gasteiger partial charge is 0.306 e. The van der Waals surface area contributed by atoms with Gasteiger partial charge in [0.15, 0.2) is 6.10 Å². The molecular weight excluding hydrogens is 745 g/mol. The maximum absolute atomic E-state index is 12.7. The SMILES string of the molecule is CC\C=C/C=C\C=C/C=C\C=C/CCCCCC(=O)OC(COC(=O)CCCC/C=C\C/C=C\CC)COC(=O)CCCCCCC\C=C/C=C\C=C/C=C\CCCCC. The first kappa shape index (κ1) is 55.5. The molecule has 0 aliphatic heterocycles. The molecule has 334 valence electrons. The van der Waals surface area contributed by atoms with E-state index in [2.05, 4.69) is 106 Å². The van der Waals surface area contributed by atoms with Gasteiger partial charge in [-0.05, 0) is 89.9 Å². The lowest BCUT2D eigenvalue weighted by atomic mass is 10.1. The summed E-state index contributed by atoms with van der Waals surface area (Å²) in [5.74, 6) is -1.04. The van der Waals surface area contributed by atoms with Gasteiger partial charge in [-0.25, -0.2) is 0 Å². The third-order valence-corrected chi connectivity index (χ3v) is 9.09. The second-order valence-electron chi connectivity index (χ2n) is 14.8. The monoisotopic (exact) mass is 827 g/mol. The average molecular weight is 827 g/mol. The molecule has 6 heteroatoms. The molecule has 6 nitrogen and oxygen atoms in total. The van der Waals surface area contributed by atoms with Crippen LogP contribution >= 0.6 is 0 Å². The largest absolute Gasteiger partial charge is 0.462 e. The van der Waals surface area contributed by atoms with Crippen molar-refractivity contribution in [3.63, 3.8) is 0 Å². The van der Waals surface area contributed by atoms with Crippen molar-refractivity contribution in [3.8, 4) is 0 Å². The number of hydrogen-bond donors (Lipinski definition) is 0. The molecule has 0 bridgehead atoms. The van der Waals surface area contributed by atoms with Crippen molar-refractivity contribution in [1.29, 1.82) is 0 Å². The van der Waals surface area contributed by atoms with E-state index in [9.17, 15) is 14.4 Å². The molecule has 0 aliphatic carbocycles. The van der Waals surface area contributed by atoms with Gasteiger partial charge in [0.25, 0.3) is 0 Å². The standard InChI is InChI=1S/C54H82O6/c1-4-7-10-13-16-19-21-23-25-26-27-29-30-32-35-38-41-44-47-53(56)59-50-51(49-58-52(55)46-43-40-37-34-18-15-12-9-6-3)60-54(57)48-45-42-39-36-33-31-28-24-22-20-17-14-11-8-5-2/h8-9,11-12,14,16-29,31,33-34,51H,4-7,10,13,15,30,32,35-50H2,1-3H3/b11-8-,12-9-,17-14-,19-16-,22-20-,23-21-,26-25-,28-24-,29-27-,33-31-,34-18-. The van der Waals surface area contributed by atoms with Crippen molar-refractivity contribution in [2.45, 2.75) is 175 Å². The number of unbranched alkanes of at least 4 members (excludes halogenated alkanes) is 13. The second-order valence-corrected chi connectivity index (χ2v) is 14.8. The molecule has 0 heterocycles. The number of allylic oxidation sites excluding steroid dienone is 22. The van der Waals surface area contributed by atoms with E-state index in [1.807, 2.05) is 48.6 Å². The Morgan fingerprint density at radius 2 is 0.733 bits per heavy atom. The van der Waals surface area contributed by atoms with Gasteiger partial charge in [-0.2, -0.15) is 0 Å². The zero-order chi connectivity index (χ0) is 43.7. The molecule has 0 aromatic carbocycles. The number of rotatable bonds is 39. The summed E-state index contributed by atoms with van der Waals surface area (Å²) in [5.41, 5.74) is 0. The lowest BCUT2D eigenvalue weighted by molar-refractivity contribution is -0.167. The zero-order valence-corrected chi connectivity index (χ0v) is 37.9. The molecule has 0 spiro atoms. The number of carbonyl (C=O) groups is 3. The van der Waals surface area contributed by atoms with Gasteiger partial charge < -0.3 is 14.2 Å². The molecule has 0 aliphatic rings. The van der Waals surface area contributed by atoms with Crippen molar-refractivity contribution in [1.82, 2.24) is 0 Å². The lowest BCUT2D eigenvalue weighted by Crippen LogP contribution is -2.30. The Morgan fingerprint density at radius 3 is 1.25 bits per heavy atom. The van der Waals surface area contributed by atoms with Gasteiger partial charge in [0.2, 0.25) is 0 Å². The number of ether oxygens (including phenoxy) is 3. The molecule has 0 radical (unpaired) electrons. The predicted molar refractivity (Wildman–Crippen MR) is 256 cm³/mol. The summed E-state index contributed by atoms with van der Waals surface area (Å²) in [6.45, 7) is 6.20. The minimum atomic E-state index is -0.826. The molecule has 0 N–H and O–H groups in total. The molecule has 0 saturated carbocycles. The Bertz CT molecular complexity index is 1370. The fraction of sp³-hybridized carbons (Fsp3) is 0.537. The molecule has 0 aromatic heterocycles. The maximum atomic E-state index is 12.7. The Morgan fingerprint density at radius 1 is 0.367 bits per heavy atom. The minimum absolute atomic E-state index is 0.124. The number of hydrogen-bond acceptors (Lipinski definition) is 6. The number of esters is 3. The third kappa shape index (κ3) is 44.6. The highest BCUT2D eigenvalue weighted by Crippen LogP contribution is 2.11. The molecular formula is C54H82O6. The van der Waals surface area contributed by atoms with Gasteiger partial charge in [-0.3, -0.25) is 14.4 Å². The van der Waals surface area contributed by atoms with Crippen molar-refractivity contribution >= 4 is 17.9 Å². The number of carbonyl (C=O) groups excluding carboxylic acids is 3. The van der Waals surface area contributed by atoms with Crippen molar-refractivity contribution in [2.24, 2.45) is 0 Å². The maximum Gasteiger partial charge on any atom is 0.306 e. The molecule has 1 atom stereocenters. The van der Waals surface area contributed by atoms with Crippen LogP contribution in [0.2, 0.25) is 0 Å². The van der Waals surface area contributed by atoms with Gasteiger partial charge in [0, 0.05) is 19.3 Å². The summed E-state index contributed by atoms with van der Waals surface area (Å²) in [4.78, 5) is 37.7. The molecule has 0 saturated heterocycles. The van der Waals surface area contributed by atoms with Crippen LogP contribution < -0.4 is 0 Å². The summed E-state index contributed by atoms with van der Waals surface area (Å²) in [7, 11) is 0. The normalized spacial score (nSPS) is 13.3. The van der Waals surface area contributed by atoms with Crippen LogP contribution in [0.25, 0.3) is 0 Å². The van der Waals surface area contributed by atoms with Gasteiger partial charge in [-0.15, -0.1) is 0 Å². The van der Waals surface area contributed by atoms with Gasteiger partial charge in [0.05, 0.1) is 0 Å². The highest BCUT2D eigenvalue weighted by atomic mass is 16.6. The molecule has 0 amide bonds. The first-order valence-corrected chi connectivity index (χ1v) is 23.3. The van der Waals surface area contributed by atoms with Crippen LogP contribution in [0.1, 0.15) is 168 Å². The molecule has 1 unspecified atom stereocenters. The topological polar surface area (TPSA) is 78.9 Å². The summed E-state index contributed by atoms with van der Waals surface area (Å²) in [5, 5.41) is 0. The van der Waals surface area contributed by atoms with Gasteiger partial charge >= 0.3 is 17.9 Å². The lowest BCUT2D eigenvalue weighted by Gasteiger charge is -2.18. The Kier molecular flexibility index (Phi) is 43.7. The highest BCUT2D eigenvalue weighted by Gasteiger charge is 2.19. The van der Waals surface area contributed by atoms with Crippen LogP contribution in [-0.4, -0.2) is 37.2 Å². The van der Waals surface area contributed by atoms with Gasteiger partial charge in [0.1, 0.15) is 13.2 Å². The van der Waals surface area contributed by atoms with E-state index in [1.165, 1.54) is 19.3 Å². The predicted octanol–water partition coefficient (Wildman–Crippen LogP) is 15.1. The molecule has 60 heavy (non-hydrogen) atoms. The van der Waals surface area contributed by atoms with E-state index in [-0.39, 0.29) is 37.5 Å². The third-order valence-electron chi connectivity index (χ3n) is 9.09. The molecule has 0 rings (SSSR count). The fourth-order valence-corrected chi connectivity index (χ4v) is 5.63.